The second kappa shape index (κ2) is 8.22. The zero-order chi connectivity index (χ0) is 21.3. The van der Waals surface area contributed by atoms with E-state index in [1.807, 2.05) is 61.2 Å². The molecule has 0 spiro atoms. The van der Waals surface area contributed by atoms with Crippen LogP contribution in [0, 0.1) is 13.8 Å². The Balaban J connectivity index is 1.61. The second-order valence-electron chi connectivity index (χ2n) is 7.73. The minimum atomic E-state index is -0.603. The lowest BCUT2D eigenvalue weighted by molar-refractivity contribution is -0.140. The van der Waals surface area contributed by atoms with Crippen LogP contribution in [0.15, 0.2) is 48.8 Å². The van der Waals surface area contributed by atoms with Crippen molar-refractivity contribution >= 4 is 5.91 Å². The van der Waals surface area contributed by atoms with Crippen LogP contribution in [0.4, 0.5) is 0 Å². The highest BCUT2D eigenvalue weighted by Crippen LogP contribution is 2.34. The van der Waals surface area contributed by atoms with Gasteiger partial charge in [-0.25, -0.2) is 4.98 Å². The lowest BCUT2D eigenvalue weighted by Gasteiger charge is -2.36. The predicted octanol–water partition coefficient (Wildman–Crippen LogP) is 3.98. The summed E-state index contributed by atoms with van der Waals surface area (Å²) in [6.45, 7) is 6.51. The Hall–Kier alpha value is -3.28. The molecule has 1 aliphatic heterocycles. The SMILES string of the molecule is COc1ccc(C2c3nc[nH]c3CCN2C(=O)C(C)Oc2ccc(C)c(C)c2)cc1. The fourth-order valence-corrected chi connectivity index (χ4v) is 3.91. The Morgan fingerprint density at radius 1 is 1.13 bits per heavy atom. The van der Waals surface area contributed by atoms with E-state index in [-0.39, 0.29) is 11.9 Å². The van der Waals surface area contributed by atoms with Gasteiger partial charge in [0, 0.05) is 18.7 Å². The number of hydrogen-bond donors (Lipinski definition) is 1. The highest BCUT2D eigenvalue weighted by molar-refractivity contribution is 5.82. The third kappa shape index (κ3) is 3.77. The monoisotopic (exact) mass is 405 g/mol. The Labute approximate surface area is 176 Å². The van der Waals surface area contributed by atoms with Crippen molar-refractivity contribution in [3.05, 3.63) is 76.9 Å². The molecule has 1 aliphatic rings. The van der Waals surface area contributed by atoms with E-state index in [1.165, 1.54) is 5.56 Å². The molecule has 0 bridgehead atoms. The number of H-pyrrole nitrogens is 1. The van der Waals surface area contributed by atoms with Crippen molar-refractivity contribution in [2.24, 2.45) is 0 Å². The van der Waals surface area contributed by atoms with Crippen molar-refractivity contribution in [1.29, 1.82) is 0 Å². The number of carbonyl (C=O) groups excluding carboxylic acids is 1. The molecule has 0 saturated heterocycles. The van der Waals surface area contributed by atoms with Crippen LogP contribution in [0.3, 0.4) is 0 Å². The number of nitrogens with zero attached hydrogens (tertiary/aromatic N) is 2. The summed E-state index contributed by atoms with van der Waals surface area (Å²) in [6.07, 6.45) is 1.84. The maximum Gasteiger partial charge on any atom is 0.264 e. The van der Waals surface area contributed by atoms with Crippen LogP contribution in [0.25, 0.3) is 0 Å². The normalized spacial score (nSPS) is 16.7. The molecule has 2 heterocycles. The third-order valence-electron chi connectivity index (χ3n) is 5.78. The van der Waals surface area contributed by atoms with Gasteiger partial charge in [0.15, 0.2) is 6.10 Å². The van der Waals surface area contributed by atoms with E-state index in [4.69, 9.17) is 9.47 Å². The lowest BCUT2D eigenvalue weighted by Crippen LogP contribution is -2.46. The van der Waals surface area contributed by atoms with Gasteiger partial charge >= 0.3 is 0 Å². The highest BCUT2D eigenvalue weighted by Gasteiger charge is 2.36. The van der Waals surface area contributed by atoms with E-state index in [0.717, 1.165) is 34.7 Å². The average Bonchev–Trinajstić information content (AvgIpc) is 3.24. The first kappa shape index (κ1) is 20.0. The fourth-order valence-electron chi connectivity index (χ4n) is 3.91. The Kier molecular flexibility index (Phi) is 5.48. The molecule has 2 atom stereocenters. The molecule has 30 heavy (non-hydrogen) atoms. The van der Waals surface area contributed by atoms with E-state index in [2.05, 4.69) is 16.9 Å². The van der Waals surface area contributed by atoms with Crippen LogP contribution in [0.2, 0.25) is 0 Å². The summed E-state index contributed by atoms with van der Waals surface area (Å²) in [7, 11) is 1.64. The average molecular weight is 405 g/mol. The number of aromatic amines is 1. The molecule has 0 fully saturated rings. The van der Waals surface area contributed by atoms with Gasteiger partial charge in [0.25, 0.3) is 5.91 Å². The molecule has 2 aromatic carbocycles. The van der Waals surface area contributed by atoms with Gasteiger partial charge in [-0.2, -0.15) is 0 Å². The molecule has 1 N–H and O–H groups in total. The van der Waals surface area contributed by atoms with Gasteiger partial charge in [0.2, 0.25) is 0 Å². The van der Waals surface area contributed by atoms with Crippen molar-refractivity contribution in [2.45, 2.75) is 39.3 Å². The van der Waals surface area contributed by atoms with Gasteiger partial charge in [-0.1, -0.05) is 18.2 Å². The van der Waals surface area contributed by atoms with Crippen LogP contribution in [0.1, 0.15) is 41.0 Å². The first-order valence-electron chi connectivity index (χ1n) is 10.2. The molecule has 0 radical (unpaired) electrons. The number of imidazole rings is 1. The Morgan fingerprint density at radius 3 is 2.57 bits per heavy atom. The minimum Gasteiger partial charge on any atom is -0.497 e. The van der Waals surface area contributed by atoms with Gasteiger partial charge in [-0.15, -0.1) is 0 Å². The quantitative estimate of drug-likeness (QED) is 0.697. The summed E-state index contributed by atoms with van der Waals surface area (Å²) in [5.41, 5.74) is 5.29. The Morgan fingerprint density at radius 2 is 1.87 bits per heavy atom. The van der Waals surface area contributed by atoms with Crippen molar-refractivity contribution < 1.29 is 14.3 Å². The number of amides is 1. The number of rotatable bonds is 5. The number of benzene rings is 2. The van der Waals surface area contributed by atoms with Crippen LogP contribution in [-0.4, -0.2) is 40.5 Å². The van der Waals surface area contributed by atoms with Crippen LogP contribution < -0.4 is 9.47 Å². The molecule has 6 heteroatoms. The number of aromatic nitrogens is 2. The molecule has 0 aliphatic carbocycles. The maximum atomic E-state index is 13.4. The summed E-state index contributed by atoms with van der Waals surface area (Å²) < 4.78 is 11.3. The van der Waals surface area contributed by atoms with E-state index < -0.39 is 6.10 Å². The van der Waals surface area contributed by atoms with Crippen molar-refractivity contribution in [3.63, 3.8) is 0 Å². The third-order valence-corrected chi connectivity index (χ3v) is 5.78. The number of nitrogens with one attached hydrogen (secondary N) is 1. The zero-order valence-corrected chi connectivity index (χ0v) is 17.8. The van der Waals surface area contributed by atoms with E-state index in [1.54, 1.807) is 13.4 Å². The van der Waals surface area contributed by atoms with Gasteiger partial charge in [-0.05, 0) is 61.7 Å². The molecule has 156 valence electrons. The number of aryl methyl sites for hydroxylation is 2. The first-order chi connectivity index (χ1) is 14.5. The van der Waals surface area contributed by atoms with Gasteiger partial charge in [0.05, 0.1) is 19.1 Å². The van der Waals surface area contributed by atoms with Gasteiger partial charge in [0.1, 0.15) is 17.5 Å². The van der Waals surface area contributed by atoms with Crippen LogP contribution in [-0.2, 0) is 11.2 Å². The summed E-state index contributed by atoms with van der Waals surface area (Å²) in [5, 5.41) is 0. The number of methoxy groups -OCH3 is 1. The molecule has 1 aromatic heterocycles. The zero-order valence-electron chi connectivity index (χ0n) is 17.8. The standard InChI is InChI=1S/C24H27N3O3/c1-15-5-8-20(13-16(15)2)30-17(3)24(28)27-12-11-21-22(26-14-25-21)23(27)18-6-9-19(29-4)10-7-18/h5-10,13-14,17,23H,11-12H2,1-4H3,(H,25,26). The molecular weight excluding hydrogens is 378 g/mol. The van der Waals surface area contributed by atoms with E-state index in [0.29, 0.717) is 12.3 Å². The highest BCUT2D eigenvalue weighted by atomic mass is 16.5. The summed E-state index contributed by atoms with van der Waals surface area (Å²) in [4.78, 5) is 23.1. The van der Waals surface area contributed by atoms with Crippen molar-refractivity contribution in [1.82, 2.24) is 14.9 Å². The lowest BCUT2D eigenvalue weighted by atomic mass is 9.95. The largest absolute Gasteiger partial charge is 0.497 e. The number of fused-ring (bicyclic) bond motifs is 1. The molecule has 6 nitrogen and oxygen atoms in total. The van der Waals surface area contributed by atoms with Crippen LogP contribution in [0.5, 0.6) is 11.5 Å². The Bertz CT molecular complexity index is 1040. The molecule has 3 aromatic rings. The number of hydrogen-bond acceptors (Lipinski definition) is 4. The fraction of sp³-hybridized carbons (Fsp3) is 0.333. The molecule has 1 amide bonds. The number of ether oxygens (including phenoxy) is 2. The second-order valence-corrected chi connectivity index (χ2v) is 7.73. The van der Waals surface area contributed by atoms with Gasteiger partial charge < -0.3 is 19.4 Å². The molecular formula is C24H27N3O3. The first-order valence-corrected chi connectivity index (χ1v) is 10.2. The van der Waals surface area contributed by atoms with Crippen molar-refractivity contribution in [2.75, 3.05) is 13.7 Å². The van der Waals surface area contributed by atoms with Crippen molar-refractivity contribution in [3.8, 4) is 11.5 Å². The minimum absolute atomic E-state index is 0.0531. The van der Waals surface area contributed by atoms with Gasteiger partial charge in [-0.3, -0.25) is 4.79 Å². The topological polar surface area (TPSA) is 67.5 Å². The summed E-state index contributed by atoms with van der Waals surface area (Å²) in [5.74, 6) is 1.43. The van der Waals surface area contributed by atoms with E-state index in [9.17, 15) is 4.79 Å². The summed E-state index contributed by atoms with van der Waals surface area (Å²) >= 11 is 0. The van der Waals surface area contributed by atoms with Crippen LogP contribution >= 0.6 is 0 Å². The smallest absolute Gasteiger partial charge is 0.264 e. The molecule has 2 unspecified atom stereocenters. The maximum absolute atomic E-state index is 13.4. The van der Waals surface area contributed by atoms with E-state index >= 15 is 0 Å². The predicted molar refractivity (Wildman–Crippen MR) is 115 cm³/mol. The molecule has 0 saturated carbocycles. The molecule has 4 rings (SSSR count). The number of carbonyl (C=O) groups is 1. The summed E-state index contributed by atoms with van der Waals surface area (Å²) in [6, 6.07) is 13.4.